The van der Waals surface area contributed by atoms with Gasteiger partial charge in [-0.25, -0.2) is 4.79 Å². The van der Waals surface area contributed by atoms with Gasteiger partial charge < -0.3 is 15.0 Å². The highest BCUT2D eigenvalue weighted by molar-refractivity contribution is 6.42. The van der Waals surface area contributed by atoms with E-state index in [9.17, 15) is 4.79 Å². The van der Waals surface area contributed by atoms with E-state index in [0.717, 1.165) is 18.5 Å². The lowest BCUT2D eigenvalue weighted by atomic mass is 10.2. The molecule has 6 heteroatoms. The van der Waals surface area contributed by atoms with E-state index in [-0.39, 0.29) is 6.09 Å². The minimum absolute atomic E-state index is 0.266. The lowest BCUT2D eigenvalue weighted by Crippen LogP contribution is -2.38. The Morgan fingerprint density at radius 1 is 1.30 bits per heavy atom. The van der Waals surface area contributed by atoms with Gasteiger partial charge in [0.25, 0.3) is 0 Å². The van der Waals surface area contributed by atoms with Crippen LogP contribution in [-0.4, -0.2) is 36.2 Å². The van der Waals surface area contributed by atoms with Gasteiger partial charge in [0, 0.05) is 19.6 Å². The standard InChI is InChI=1S/C17H26Cl2N2O2/c1-5-21(16(22)23-17(2,3)4)11-7-10-20-12-13-8-6-9-14(18)15(13)19/h6,8-9,20H,5,7,10-12H2,1-4H3. The Morgan fingerprint density at radius 3 is 2.61 bits per heavy atom. The predicted molar refractivity (Wildman–Crippen MR) is 96.3 cm³/mol. The van der Waals surface area contributed by atoms with E-state index in [1.807, 2.05) is 39.8 Å². The summed E-state index contributed by atoms with van der Waals surface area (Å²) >= 11 is 12.1. The number of amides is 1. The fourth-order valence-electron chi connectivity index (χ4n) is 2.01. The second-order valence-electron chi connectivity index (χ2n) is 6.30. The van der Waals surface area contributed by atoms with Crippen molar-refractivity contribution in [3.05, 3.63) is 33.8 Å². The lowest BCUT2D eigenvalue weighted by Gasteiger charge is -2.26. The molecule has 0 aliphatic heterocycles. The van der Waals surface area contributed by atoms with Gasteiger partial charge >= 0.3 is 6.09 Å². The van der Waals surface area contributed by atoms with Crippen LogP contribution in [0.15, 0.2) is 18.2 Å². The van der Waals surface area contributed by atoms with E-state index in [1.54, 1.807) is 11.0 Å². The Hall–Kier alpha value is -0.970. The zero-order valence-electron chi connectivity index (χ0n) is 14.3. The van der Waals surface area contributed by atoms with Gasteiger partial charge in [-0.05, 0) is 52.3 Å². The summed E-state index contributed by atoms with van der Waals surface area (Å²) in [6.07, 6.45) is 0.573. The number of halogens is 2. The molecule has 1 aromatic rings. The topological polar surface area (TPSA) is 41.6 Å². The Morgan fingerprint density at radius 2 is 2.00 bits per heavy atom. The Labute approximate surface area is 149 Å². The quantitative estimate of drug-likeness (QED) is 0.714. The largest absolute Gasteiger partial charge is 0.444 e. The van der Waals surface area contributed by atoms with Crippen molar-refractivity contribution in [2.24, 2.45) is 0 Å². The minimum atomic E-state index is -0.466. The van der Waals surface area contributed by atoms with Crippen molar-refractivity contribution >= 4 is 29.3 Å². The van der Waals surface area contributed by atoms with E-state index in [4.69, 9.17) is 27.9 Å². The first-order valence-corrected chi connectivity index (χ1v) is 8.61. The number of hydrogen-bond acceptors (Lipinski definition) is 3. The summed E-state index contributed by atoms with van der Waals surface area (Å²) in [5, 5.41) is 4.47. The summed E-state index contributed by atoms with van der Waals surface area (Å²) in [5.74, 6) is 0. The molecule has 1 aromatic carbocycles. The van der Waals surface area contributed by atoms with Crippen LogP contribution in [0.5, 0.6) is 0 Å². The fraction of sp³-hybridized carbons (Fsp3) is 0.588. The molecule has 1 amide bonds. The van der Waals surface area contributed by atoms with Crippen LogP contribution in [0.2, 0.25) is 10.0 Å². The molecule has 0 aromatic heterocycles. The zero-order valence-corrected chi connectivity index (χ0v) is 15.8. The summed E-state index contributed by atoms with van der Waals surface area (Å²) < 4.78 is 5.38. The fourth-order valence-corrected chi connectivity index (χ4v) is 2.39. The van der Waals surface area contributed by atoms with Crippen LogP contribution in [0.25, 0.3) is 0 Å². The molecular formula is C17H26Cl2N2O2. The van der Waals surface area contributed by atoms with Crippen LogP contribution < -0.4 is 5.32 Å². The van der Waals surface area contributed by atoms with Gasteiger partial charge in [0.1, 0.15) is 5.60 Å². The monoisotopic (exact) mass is 360 g/mol. The Bertz CT molecular complexity index is 516. The first-order valence-electron chi connectivity index (χ1n) is 7.86. The number of rotatable bonds is 7. The van der Waals surface area contributed by atoms with Gasteiger partial charge in [0.15, 0.2) is 0 Å². The highest BCUT2D eigenvalue weighted by Crippen LogP contribution is 2.25. The average molecular weight is 361 g/mol. The van der Waals surface area contributed by atoms with Gasteiger partial charge in [-0.1, -0.05) is 35.3 Å². The second kappa shape index (κ2) is 9.36. The molecular weight excluding hydrogens is 335 g/mol. The molecule has 0 spiro atoms. The SMILES string of the molecule is CCN(CCCNCc1cccc(Cl)c1Cl)C(=O)OC(C)(C)C. The third-order valence-corrected chi connectivity index (χ3v) is 4.02. The molecule has 0 unspecified atom stereocenters. The minimum Gasteiger partial charge on any atom is -0.444 e. The van der Waals surface area contributed by atoms with Crippen LogP contribution >= 0.6 is 23.2 Å². The van der Waals surface area contributed by atoms with E-state index in [1.165, 1.54) is 0 Å². The molecule has 0 aliphatic rings. The number of carbonyl (C=O) groups excluding carboxylic acids is 1. The highest BCUT2D eigenvalue weighted by Gasteiger charge is 2.20. The van der Waals surface area contributed by atoms with Crippen LogP contribution in [-0.2, 0) is 11.3 Å². The predicted octanol–water partition coefficient (Wildman–Crippen LogP) is 4.73. The van der Waals surface area contributed by atoms with Gasteiger partial charge in [0.05, 0.1) is 10.0 Å². The van der Waals surface area contributed by atoms with Crippen LogP contribution in [0.1, 0.15) is 39.7 Å². The number of nitrogens with one attached hydrogen (secondary N) is 1. The molecule has 0 bridgehead atoms. The lowest BCUT2D eigenvalue weighted by molar-refractivity contribution is 0.0258. The van der Waals surface area contributed by atoms with Crippen molar-refractivity contribution < 1.29 is 9.53 Å². The summed E-state index contributed by atoms with van der Waals surface area (Å²) in [6, 6.07) is 5.60. The van der Waals surface area contributed by atoms with Crippen molar-refractivity contribution in [2.75, 3.05) is 19.6 Å². The van der Waals surface area contributed by atoms with Gasteiger partial charge in [-0.3, -0.25) is 0 Å². The maximum absolute atomic E-state index is 12.0. The summed E-state index contributed by atoms with van der Waals surface area (Å²) in [5.41, 5.74) is 0.505. The van der Waals surface area contributed by atoms with Crippen molar-refractivity contribution in [3.8, 4) is 0 Å². The summed E-state index contributed by atoms with van der Waals surface area (Å²) in [7, 11) is 0. The van der Waals surface area contributed by atoms with Crippen molar-refractivity contribution in [1.82, 2.24) is 10.2 Å². The maximum atomic E-state index is 12.0. The number of ether oxygens (including phenoxy) is 1. The maximum Gasteiger partial charge on any atom is 0.410 e. The molecule has 130 valence electrons. The molecule has 4 nitrogen and oxygen atoms in total. The Balaban J connectivity index is 2.32. The number of carbonyl (C=O) groups is 1. The van der Waals surface area contributed by atoms with Crippen molar-refractivity contribution in [1.29, 1.82) is 0 Å². The normalized spacial score (nSPS) is 11.4. The highest BCUT2D eigenvalue weighted by atomic mass is 35.5. The summed E-state index contributed by atoms with van der Waals surface area (Å²) in [6.45, 7) is 10.3. The molecule has 1 rings (SSSR count). The Kier molecular flexibility index (Phi) is 8.17. The molecule has 23 heavy (non-hydrogen) atoms. The smallest absolute Gasteiger partial charge is 0.410 e. The second-order valence-corrected chi connectivity index (χ2v) is 7.09. The van der Waals surface area contributed by atoms with Gasteiger partial charge in [-0.2, -0.15) is 0 Å². The third-order valence-electron chi connectivity index (χ3n) is 3.16. The van der Waals surface area contributed by atoms with E-state index in [2.05, 4.69) is 5.32 Å². The molecule has 1 N–H and O–H groups in total. The first kappa shape index (κ1) is 20.1. The molecule has 0 aliphatic carbocycles. The van der Waals surface area contributed by atoms with Crippen LogP contribution in [0, 0.1) is 0 Å². The van der Waals surface area contributed by atoms with Gasteiger partial charge in [-0.15, -0.1) is 0 Å². The van der Waals surface area contributed by atoms with E-state index < -0.39 is 5.60 Å². The molecule has 0 heterocycles. The van der Waals surface area contributed by atoms with Crippen LogP contribution in [0.4, 0.5) is 4.79 Å². The van der Waals surface area contributed by atoms with Gasteiger partial charge in [0.2, 0.25) is 0 Å². The van der Waals surface area contributed by atoms with E-state index in [0.29, 0.717) is 29.7 Å². The number of nitrogens with zero attached hydrogens (tertiary/aromatic N) is 1. The first-order chi connectivity index (χ1) is 10.7. The van der Waals surface area contributed by atoms with Crippen molar-refractivity contribution in [3.63, 3.8) is 0 Å². The molecule has 0 radical (unpaired) electrons. The number of benzene rings is 1. The van der Waals surface area contributed by atoms with E-state index >= 15 is 0 Å². The molecule has 0 saturated carbocycles. The molecule has 0 saturated heterocycles. The third kappa shape index (κ3) is 7.42. The molecule has 0 fully saturated rings. The number of hydrogen-bond donors (Lipinski definition) is 1. The summed E-state index contributed by atoms with van der Waals surface area (Å²) in [4.78, 5) is 13.7. The van der Waals surface area contributed by atoms with Crippen molar-refractivity contribution in [2.45, 2.75) is 46.3 Å². The average Bonchev–Trinajstić information content (AvgIpc) is 2.45. The molecule has 0 atom stereocenters. The zero-order chi connectivity index (χ0) is 17.5. The van der Waals surface area contributed by atoms with Crippen LogP contribution in [0.3, 0.4) is 0 Å².